The number of carbonyl (C=O) groups excluding carboxylic acids is 1. The zero-order valence-corrected chi connectivity index (χ0v) is 14.2. The van der Waals surface area contributed by atoms with Crippen LogP contribution in [-0.4, -0.2) is 24.3 Å². The number of ether oxygens (including phenoxy) is 1. The van der Waals surface area contributed by atoms with E-state index in [1.807, 2.05) is 48.5 Å². The first-order chi connectivity index (χ1) is 12.3. The summed E-state index contributed by atoms with van der Waals surface area (Å²) in [6, 6.07) is 15.4. The molecule has 1 unspecified atom stereocenters. The number of aliphatic hydroxyl groups is 1. The molecule has 0 radical (unpaired) electrons. The van der Waals surface area contributed by atoms with Crippen LogP contribution in [0.4, 0.5) is 4.79 Å². The van der Waals surface area contributed by atoms with E-state index in [1.54, 1.807) is 0 Å². The summed E-state index contributed by atoms with van der Waals surface area (Å²) >= 11 is 0. The molecule has 0 aliphatic carbocycles. The highest BCUT2D eigenvalue weighted by molar-refractivity contribution is 5.74. The van der Waals surface area contributed by atoms with Crippen LogP contribution in [0.3, 0.4) is 0 Å². The molecular weight excluding hydrogens is 316 g/mol. The van der Waals surface area contributed by atoms with Gasteiger partial charge in [0.15, 0.2) is 0 Å². The highest BCUT2D eigenvalue weighted by Gasteiger charge is 2.20. The first-order valence-corrected chi connectivity index (χ1v) is 8.71. The van der Waals surface area contributed by atoms with E-state index < -0.39 is 0 Å². The van der Waals surface area contributed by atoms with E-state index in [0.717, 1.165) is 41.7 Å². The van der Waals surface area contributed by atoms with E-state index >= 15 is 0 Å². The number of aliphatic hydroxyl groups excluding tert-OH is 1. The molecule has 0 spiro atoms. The number of para-hydroxylation sites is 1. The molecule has 3 rings (SSSR count). The minimum absolute atomic E-state index is 0.0254. The van der Waals surface area contributed by atoms with Gasteiger partial charge in [0.2, 0.25) is 0 Å². The molecule has 5 nitrogen and oxygen atoms in total. The number of carbonyl (C=O) groups is 1. The van der Waals surface area contributed by atoms with Crippen molar-refractivity contribution in [3.05, 3.63) is 65.2 Å². The molecule has 0 fully saturated rings. The Labute approximate surface area is 148 Å². The predicted octanol–water partition coefficient (Wildman–Crippen LogP) is 2.93. The summed E-state index contributed by atoms with van der Waals surface area (Å²) < 4.78 is 5.73. The van der Waals surface area contributed by atoms with Crippen molar-refractivity contribution in [1.29, 1.82) is 0 Å². The van der Waals surface area contributed by atoms with Crippen molar-refractivity contribution in [3.8, 4) is 5.75 Å². The maximum atomic E-state index is 12.2. The maximum Gasteiger partial charge on any atom is 0.315 e. The SMILES string of the molecule is O=C(NCCc1ccc(CO)cc1)NC1CCCOc2ccccc21. The summed E-state index contributed by atoms with van der Waals surface area (Å²) in [4.78, 5) is 12.2. The highest BCUT2D eigenvalue weighted by atomic mass is 16.5. The number of hydrogen-bond donors (Lipinski definition) is 3. The van der Waals surface area contributed by atoms with E-state index in [-0.39, 0.29) is 18.7 Å². The molecule has 2 amide bonds. The molecule has 1 atom stereocenters. The number of hydrogen-bond acceptors (Lipinski definition) is 3. The van der Waals surface area contributed by atoms with Gasteiger partial charge < -0.3 is 20.5 Å². The molecule has 25 heavy (non-hydrogen) atoms. The van der Waals surface area contributed by atoms with Gasteiger partial charge >= 0.3 is 6.03 Å². The second-order valence-electron chi connectivity index (χ2n) is 6.21. The van der Waals surface area contributed by atoms with E-state index in [9.17, 15) is 4.79 Å². The fourth-order valence-electron chi connectivity index (χ4n) is 3.02. The summed E-state index contributed by atoms with van der Waals surface area (Å²) in [6.07, 6.45) is 2.54. The Morgan fingerprint density at radius 3 is 2.68 bits per heavy atom. The number of urea groups is 1. The van der Waals surface area contributed by atoms with Crippen molar-refractivity contribution < 1.29 is 14.6 Å². The lowest BCUT2D eigenvalue weighted by Gasteiger charge is -2.18. The van der Waals surface area contributed by atoms with Crippen LogP contribution in [0.1, 0.15) is 35.6 Å². The molecule has 5 heteroatoms. The lowest BCUT2D eigenvalue weighted by atomic mass is 10.0. The smallest absolute Gasteiger partial charge is 0.315 e. The van der Waals surface area contributed by atoms with Gasteiger partial charge in [-0.3, -0.25) is 0 Å². The third kappa shape index (κ3) is 4.73. The number of nitrogens with one attached hydrogen (secondary N) is 2. The van der Waals surface area contributed by atoms with E-state index in [1.165, 1.54) is 0 Å². The van der Waals surface area contributed by atoms with E-state index in [4.69, 9.17) is 9.84 Å². The van der Waals surface area contributed by atoms with Crippen molar-refractivity contribution >= 4 is 6.03 Å². The van der Waals surface area contributed by atoms with E-state index in [2.05, 4.69) is 10.6 Å². The predicted molar refractivity (Wildman–Crippen MR) is 96.5 cm³/mol. The fraction of sp³-hybridized carbons (Fsp3) is 0.350. The van der Waals surface area contributed by atoms with Crippen LogP contribution in [0.15, 0.2) is 48.5 Å². The van der Waals surface area contributed by atoms with Crippen LogP contribution in [0.25, 0.3) is 0 Å². The van der Waals surface area contributed by atoms with Gasteiger partial charge in [0.05, 0.1) is 19.3 Å². The van der Waals surface area contributed by atoms with Gasteiger partial charge in [-0.25, -0.2) is 4.79 Å². The largest absolute Gasteiger partial charge is 0.493 e. The lowest BCUT2D eigenvalue weighted by molar-refractivity contribution is 0.236. The Morgan fingerprint density at radius 2 is 1.88 bits per heavy atom. The minimum atomic E-state index is -0.159. The third-order valence-electron chi connectivity index (χ3n) is 4.40. The molecule has 132 valence electrons. The summed E-state index contributed by atoms with van der Waals surface area (Å²) in [5, 5.41) is 15.0. The van der Waals surface area contributed by atoms with Gasteiger partial charge in [0.25, 0.3) is 0 Å². The number of fused-ring (bicyclic) bond motifs is 1. The topological polar surface area (TPSA) is 70.6 Å². The standard InChI is InChI=1S/C20H24N2O3/c23-14-16-9-7-15(8-10-16)11-12-21-20(24)22-18-5-3-13-25-19-6-2-1-4-17(18)19/h1-2,4,6-10,18,23H,3,5,11-14H2,(H2,21,22,24). The van der Waals surface area contributed by atoms with Crippen LogP contribution in [0.2, 0.25) is 0 Å². The van der Waals surface area contributed by atoms with Gasteiger partial charge in [-0.15, -0.1) is 0 Å². The Morgan fingerprint density at radius 1 is 1.12 bits per heavy atom. The third-order valence-corrected chi connectivity index (χ3v) is 4.40. The Hall–Kier alpha value is -2.53. The summed E-state index contributed by atoms with van der Waals surface area (Å²) in [5.41, 5.74) is 3.06. The molecule has 1 aliphatic rings. The normalized spacial score (nSPS) is 16.3. The fourth-order valence-corrected chi connectivity index (χ4v) is 3.02. The number of rotatable bonds is 5. The summed E-state index contributed by atoms with van der Waals surface area (Å²) in [7, 11) is 0. The zero-order chi connectivity index (χ0) is 17.5. The zero-order valence-electron chi connectivity index (χ0n) is 14.2. The molecule has 3 N–H and O–H groups in total. The van der Waals surface area contributed by atoms with E-state index in [0.29, 0.717) is 13.2 Å². The molecule has 1 heterocycles. The van der Waals surface area contributed by atoms with Crippen LogP contribution in [0.5, 0.6) is 5.75 Å². The van der Waals surface area contributed by atoms with Crippen molar-refractivity contribution in [2.75, 3.05) is 13.2 Å². The van der Waals surface area contributed by atoms with Gasteiger partial charge in [0, 0.05) is 12.1 Å². The molecule has 1 aliphatic heterocycles. The first-order valence-electron chi connectivity index (χ1n) is 8.71. The second-order valence-corrected chi connectivity index (χ2v) is 6.21. The van der Waals surface area contributed by atoms with Gasteiger partial charge in [-0.2, -0.15) is 0 Å². The summed E-state index contributed by atoms with van der Waals surface area (Å²) in [6.45, 7) is 1.29. The van der Waals surface area contributed by atoms with Gasteiger partial charge in [0.1, 0.15) is 5.75 Å². The van der Waals surface area contributed by atoms with Crippen molar-refractivity contribution in [2.45, 2.75) is 31.9 Å². The minimum Gasteiger partial charge on any atom is -0.493 e. The molecule has 0 saturated carbocycles. The molecule has 0 saturated heterocycles. The van der Waals surface area contributed by atoms with Crippen LogP contribution in [0, 0.1) is 0 Å². The maximum absolute atomic E-state index is 12.2. The monoisotopic (exact) mass is 340 g/mol. The average Bonchev–Trinajstić information content (AvgIpc) is 2.85. The van der Waals surface area contributed by atoms with Gasteiger partial charge in [-0.05, 0) is 36.5 Å². The second kappa shape index (κ2) is 8.53. The van der Waals surface area contributed by atoms with Crippen molar-refractivity contribution in [2.24, 2.45) is 0 Å². The molecule has 0 bridgehead atoms. The van der Waals surface area contributed by atoms with Crippen LogP contribution >= 0.6 is 0 Å². The van der Waals surface area contributed by atoms with Crippen molar-refractivity contribution in [3.63, 3.8) is 0 Å². The molecule has 0 aromatic heterocycles. The quantitative estimate of drug-likeness (QED) is 0.784. The van der Waals surface area contributed by atoms with Crippen molar-refractivity contribution in [1.82, 2.24) is 10.6 Å². The molecule has 2 aromatic rings. The summed E-state index contributed by atoms with van der Waals surface area (Å²) in [5.74, 6) is 0.856. The number of benzene rings is 2. The average molecular weight is 340 g/mol. The number of amides is 2. The molecular formula is C20H24N2O3. The van der Waals surface area contributed by atoms with Crippen LogP contribution in [-0.2, 0) is 13.0 Å². The first kappa shape index (κ1) is 17.3. The lowest BCUT2D eigenvalue weighted by Crippen LogP contribution is -2.38. The highest BCUT2D eigenvalue weighted by Crippen LogP contribution is 2.30. The Bertz CT molecular complexity index is 700. The molecule has 2 aromatic carbocycles. The Kier molecular flexibility index (Phi) is 5.90. The van der Waals surface area contributed by atoms with Crippen LogP contribution < -0.4 is 15.4 Å². The Balaban J connectivity index is 1.50. The van der Waals surface area contributed by atoms with Gasteiger partial charge in [-0.1, -0.05) is 42.5 Å².